The predicted molar refractivity (Wildman–Crippen MR) is 79.5 cm³/mol. The molecule has 3 nitrogen and oxygen atoms in total. The first-order valence-electron chi connectivity index (χ1n) is 5.89. The van der Waals surface area contributed by atoms with Crippen molar-refractivity contribution in [2.75, 3.05) is 0 Å². The molecule has 94 valence electrons. The highest BCUT2D eigenvalue weighted by Crippen LogP contribution is 2.27. The van der Waals surface area contributed by atoms with Gasteiger partial charge in [-0.05, 0) is 28.1 Å². The summed E-state index contributed by atoms with van der Waals surface area (Å²) in [5.41, 5.74) is 2.50. The first kappa shape index (κ1) is 12.0. The lowest BCUT2D eigenvalue weighted by Gasteiger charge is -2.07. The summed E-state index contributed by atoms with van der Waals surface area (Å²) in [5, 5.41) is 0. The van der Waals surface area contributed by atoms with Gasteiger partial charge in [0.2, 0.25) is 0 Å². The standard InChI is InChI=1S/C15H11BrN2O/c16-14-13(11-7-3-1-4-8-11)18(15(19)17-14)12-9-5-2-6-10-12/h1-10H,(H,17,19). The zero-order valence-corrected chi connectivity index (χ0v) is 11.6. The third-order valence-electron chi connectivity index (χ3n) is 2.91. The number of para-hydroxylation sites is 1. The van der Waals surface area contributed by atoms with Gasteiger partial charge in [0, 0.05) is 5.56 Å². The summed E-state index contributed by atoms with van der Waals surface area (Å²) in [6.07, 6.45) is 0. The number of benzene rings is 2. The van der Waals surface area contributed by atoms with Gasteiger partial charge < -0.3 is 0 Å². The topological polar surface area (TPSA) is 37.8 Å². The van der Waals surface area contributed by atoms with Crippen molar-refractivity contribution < 1.29 is 0 Å². The van der Waals surface area contributed by atoms with E-state index in [4.69, 9.17) is 0 Å². The van der Waals surface area contributed by atoms with Gasteiger partial charge in [-0.2, -0.15) is 0 Å². The molecule has 0 unspecified atom stereocenters. The highest BCUT2D eigenvalue weighted by molar-refractivity contribution is 9.10. The van der Waals surface area contributed by atoms with E-state index in [1.165, 1.54) is 0 Å². The minimum absolute atomic E-state index is 0.156. The van der Waals surface area contributed by atoms with Gasteiger partial charge in [0.05, 0.1) is 11.4 Å². The third-order valence-corrected chi connectivity index (χ3v) is 3.49. The van der Waals surface area contributed by atoms with Gasteiger partial charge in [-0.1, -0.05) is 48.5 Å². The molecule has 0 amide bonds. The number of H-pyrrole nitrogens is 1. The second kappa shape index (κ2) is 4.90. The van der Waals surface area contributed by atoms with E-state index in [9.17, 15) is 4.79 Å². The summed E-state index contributed by atoms with van der Waals surface area (Å²) in [6.45, 7) is 0. The van der Waals surface area contributed by atoms with E-state index in [2.05, 4.69) is 20.9 Å². The van der Waals surface area contributed by atoms with Crippen LogP contribution in [-0.2, 0) is 0 Å². The molecule has 2 aromatic carbocycles. The number of aromatic amines is 1. The molecule has 0 radical (unpaired) electrons. The molecule has 0 bridgehead atoms. The number of hydrogen-bond acceptors (Lipinski definition) is 1. The zero-order chi connectivity index (χ0) is 13.2. The van der Waals surface area contributed by atoms with Crippen LogP contribution in [0.4, 0.5) is 0 Å². The Bertz CT molecular complexity index is 745. The second-order valence-corrected chi connectivity index (χ2v) is 4.92. The van der Waals surface area contributed by atoms with Crippen LogP contribution in [0.5, 0.6) is 0 Å². The maximum absolute atomic E-state index is 12.1. The van der Waals surface area contributed by atoms with Crippen LogP contribution in [0.2, 0.25) is 0 Å². The van der Waals surface area contributed by atoms with Gasteiger partial charge in [-0.3, -0.25) is 9.55 Å². The van der Waals surface area contributed by atoms with Crippen LogP contribution in [0.3, 0.4) is 0 Å². The smallest absolute Gasteiger partial charge is 0.299 e. The van der Waals surface area contributed by atoms with Crippen LogP contribution >= 0.6 is 15.9 Å². The number of imidazole rings is 1. The fourth-order valence-electron chi connectivity index (χ4n) is 2.08. The molecule has 3 rings (SSSR count). The van der Waals surface area contributed by atoms with Gasteiger partial charge in [-0.25, -0.2) is 4.79 Å². The summed E-state index contributed by atoms with van der Waals surface area (Å²) in [4.78, 5) is 14.9. The minimum atomic E-state index is -0.156. The average molecular weight is 315 g/mol. The van der Waals surface area contributed by atoms with E-state index in [-0.39, 0.29) is 5.69 Å². The maximum Gasteiger partial charge on any atom is 0.331 e. The lowest BCUT2D eigenvalue weighted by molar-refractivity contribution is 0.993. The number of nitrogens with zero attached hydrogens (tertiary/aromatic N) is 1. The summed E-state index contributed by atoms with van der Waals surface area (Å²) < 4.78 is 2.35. The molecule has 4 heteroatoms. The molecule has 0 aliphatic carbocycles. The van der Waals surface area contributed by atoms with Crippen LogP contribution in [0.25, 0.3) is 16.9 Å². The Balaban J connectivity index is 2.30. The van der Waals surface area contributed by atoms with Crippen LogP contribution in [-0.4, -0.2) is 9.55 Å². The van der Waals surface area contributed by atoms with E-state index in [0.717, 1.165) is 16.9 Å². The SMILES string of the molecule is O=c1[nH]c(Br)c(-c2ccccc2)n1-c1ccccc1. The van der Waals surface area contributed by atoms with Gasteiger partial charge >= 0.3 is 5.69 Å². The lowest BCUT2D eigenvalue weighted by atomic mass is 10.1. The number of halogens is 1. The van der Waals surface area contributed by atoms with Crippen molar-refractivity contribution in [1.29, 1.82) is 0 Å². The molecule has 3 aromatic rings. The molecule has 0 spiro atoms. The Morgan fingerprint density at radius 3 is 2.11 bits per heavy atom. The Kier molecular flexibility index (Phi) is 3.09. The largest absolute Gasteiger partial charge is 0.331 e. The molecule has 0 saturated carbocycles. The summed E-state index contributed by atoms with van der Waals surface area (Å²) in [7, 11) is 0. The van der Waals surface area contributed by atoms with Crippen LogP contribution in [0, 0.1) is 0 Å². The number of rotatable bonds is 2. The molecular weight excluding hydrogens is 304 g/mol. The Labute approximate surface area is 118 Å². The van der Waals surface area contributed by atoms with Gasteiger partial charge in [-0.15, -0.1) is 0 Å². The van der Waals surface area contributed by atoms with Crippen molar-refractivity contribution >= 4 is 15.9 Å². The van der Waals surface area contributed by atoms with Crippen molar-refractivity contribution in [2.24, 2.45) is 0 Å². The molecule has 19 heavy (non-hydrogen) atoms. The molecule has 0 atom stereocenters. The second-order valence-electron chi connectivity index (χ2n) is 4.13. The summed E-state index contributed by atoms with van der Waals surface area (Å²) in [6, 6.07) is 19.4. The van der Waals surface area contributed by atoms with Crippen molar-refractivity contribution in [3.05, 3.63) is 75.8 Å². The van der Waals surface area contributed by atoms with E-state index in [1.54, 1.807) is 4.57 Å². The van der Waals surface area contributed by atoms with Crippen LogP contribution in [0.1, 0.15) is 0 Å². The third kappa shape index (κ3) is 2.15. The predicted octanol–water partition coefficient (Wildman–Crippen LogP) is 3.60. The molecular formula is C15H11BrN2O. The fraction of sp³-hybridized carbons (Fsp3) is 0. The van der Waals surface area contributed by atoms with Gasteiger partial charge in [0.15, 0.2) is 0 Å². The Hall–Kier alpha value is -2.07. The maximum atomic E-state index is 12.1. The monoisotopic (exact) mass is 314 g/mol. The van der Waals surface area contributed by atoms with E-state index in [1.807, 2.05) is 60.7 Å². The highest BCUT2D eigenvalue weighted by atomic mass is 79.9. The van der Waals surface area contributed by atoms with Gasteiger partial charge in [0.1, 0.15) is 4.60 Å². The Morgan fingerprint density at radius 2 is 1.47 bits per heavy atom. The first-order valence-corrected chi connectivity index (χ1v) is 6.68. The Morgan fingerprint density at radius 1 is 0.895 bits per heavy atom. The van der Waals surface area contributed by atoms with Crippen molar-refractivity contribution in [1.82, 2.24) is 9.55 Å². The van der Waals surface area contributed by atoms with Crippen LogP contribution in [0.15, 0.2) is 70.1 Å². The lowest BCUT2D eigenvalue weighted by Crippen LogP contribution is -2.15. The molecule has 0 aliphatic heterocycles. The molecule has 0 saturated heterocycles. The van der Waals surface area contributed by atoms with E-state index in [0.29, 0.717) is 4.60 Å². The van der Waals surface area contributed by atoms with Crippen LogP contribution < -0.4 is 5.69 Å². The number of nitrogens with one attached hydrogen (secondary N) is 1. The minimum Gasteiger partial charge on any atom is -0.299 e. The van der Waals surface area contributed by atoms with Crippen molar-refractivity contribution in [3.8, 4) is 16.9 Å². The first-order chi connectivity index (χ1) is 9.27. The van der Waals surface area contributed by atoms with E-state index < -0.39 is 0 Å². The molecule has 0 fully saturated rings. The molecule has 0 aliphatic rings. The van der Waals surface area contributed by atoms with E-state index >= 15 is 0 Å². The number of aromatic nitrogens is 2. The zero-order valence-electron chi connectivity index (χ0n) is 10.0. The summed E-state index contributed by atoms with van der Waals surface area (Å²) in [5.74, 6) is 0. The molecule has 1 heterocycles. The quantitative estimate of drug-likeness (QED) is 0.771. The summed E-state index contributed by atoms with van der Waals surface area (Å²) >= 11 is 3.43. The molecule has 1 aromatic heterocycles. The average Bonchev–Trinajstić information content (AvgIpc) is 2.75. The van der Waals surface area contributed by atoms with Crippen molar-refractivity contribution in [2.45, 2.75) is 0 Å². The van der Waals surface area contributed by atoms with Gasteiger partial charge in [0.25, 0.3) is 0 Å². The number of hydrogen-bond donors (Lipinski definition) is 1. The normalized spacial score (nSPS) is 10.6. The fourth-order valence-corrected chi connectivity index (χ4v) is 2.66. The highest BCUT2D eigenvalue weighted by Gasteiger charge is 2.14. The van der Waals surface area contributed by atoms with Crippen molar-refractivity contribution in [3.63, 3.8) is 0 Å². The molecule has 1 N–H and O–H groups in total.